The Morgan fingerprint density at radius 2 is 1.44 bits per heavy atom. The van der Waals surface area contributed by atoms with Crippen LogP contribution in [0.1, 0.15) is 61.0 Å². The van der Waals surface area contributed by atoms with Crippen molar-refractivity contribution in [3.63, 3.8) is 0 Å². The van der Waals surface area contributed by atoms with Crippen LogP contribution in [0.4, 0.5) is 0 Å². The van der Waals surface area contributed by atoms with Crippen LogP contribution in [0.25, 0.3) is 0 Å². The molecular formula is C23H40O3Si. The molecule has 1 saturated heterocycles. The molecule has 0 aromatic heterocycles. The van der Waals surface area contributed by atoms with Crippen molar-refractivity contribution in [3.05, 3.63) is 35.9 Å². The lowest BCUT2D eigenvalue weighted by atomic mass is 9.99. The average Bonchev–Trinajstić information content (AvgIpc) is 3.34. The predicted octanol–water partition coefficient (Wildman–Crippen LogP) is 6.19. The van der Waals surface area contributed by atoms with Gasteiger partial charge in [-0.25, -0.2) is 0 Å². The summed E-state index contributed by atoms with van der Waals surface area (Å²) >= 11 is 0. The fourth-order valence-electron chi connectivity index (χ4n) is 4.82. The summed E-state index contributed by atoms with van der Waals surface area (Å²) in [7, 11) is -1.90. The fraction of sp³-hybridized carbons (Fsp3) is 0.739. The Labute approximate surface area is 167 Å². The van der Waals surface area contributed by atoms with Crippen molar-refractivity contribution < 1.29 is 13.9 Å². The van der Waals surface area contributed by atoms with Crippen molar-refractivity contribution in [3.8, 4) is 0 Å². The molecule has 1 aliphatic rings. The molecule has 0 spiro atoms. The molecule has 1 aromatic rings. The highest BCUT2D eigenvalue weighted by atomic mass is 28.4. The summed E-state index contributed by atoms with van der Waals surface area (Å²) < 4.78 is 19.0. The maximum atomic E-state index is 6.86. The van der Waals surface area contributed by atoms with Gasteiger partial charge in [0, 0.05) is 5.92 Å². The van der Waals surface area contributed by atoms with E-state index in [-0.39, 0.29) is 6.10 Å². The quantitative estimate of drug-likeness (QED) is 0.332. The second-order valence-electron chi connectivity index (χ2n) is 9.13. The van der Waals surface area contributed by atoms with Gasteiger partial charge in [-0.3, -0.25) is 0 Å². The van der Waals surface area contributed by atoms with E-state index in [1.54, 1.807) is 0 Å². The van der Waals surface area contributed by atoms with E-state index in [0.717, 1.165) is 0 Å². The van der Waals surface area contributed by atoms with Gasteiger partial charge in [-0.2, -0.15) is 0 Å². The standard InChI is InChI=1S/C23H40O3Si/c1-16(2)27(17(3)4,18(5)6)25-15-22(19(7)23-20(8)26-23)24-14-21-12-10-9-11-13-21/h9-13,16-20,22-23H,14-15H2,1-8H3/t19-,20-,22-,23+/m1/s1. The van der Waals surface area contributed by atoms with Gasteiger partial charge >= 0.3 is 0 Å². The molecule has 0 unspecified atom stereocenters. The van der Waals surface area contributed by atoms with E-state index in [1.807, 2.05) is 6.07 Å². The summed E-state index contributed by atoms with van der Waals surface area (Å²) in [6, 6.07) is 10.4. The second kappa shape index (κ2) is 9.68. The first kappa shape index (κ1) is 22.6. The van der Waals surface area contributed by atoms with Crippen LogP contribution in [0.5, 0.6) is 0 Å². The number of hydrogen-bond donors (Lipinski definition) is 0. The van der Waals surface area contributed by atoms with Gasteiger partial charge in [0.05, 0.1) is 31.5 Å². The minimum Gasteiger partial charge on any atom is -0.413 e. The molecular weight excluding hydrogens is 352 g/mol. The van der Waals surface area contributed by atoms with Crippen molar-refractivity contribution >= 4 is 8.32 Å². The lowest BCUT2D eigenvalue weighted by molar-refractivity contribution is -0.0321. The minimum absolute atomic E-state index is 0.0586. The molecule has 0 bridgehead atoms. The molecule has 4 atom stereocenters. The molecule has 4 heteroatoms. The van der Waals surface area contributed by atoms with Gasteiger partial charge in [0.1, 0.15) is 0 Å². The number of hydrogen-bond acceptors (Lipinski definition) is 3. The molecule has 0 aliphatic carbocycles. The molecule has 0 N–H and O–H groups in total. The van der Waals surface area contributed by atoms with Crippen molar-refractivity contribution in [1.82, 2.24) is 0 Å². The predicted molar refractivity (Wildman–Crippen MR) is 116 cm³/mol. The van der Waals surface area contributed by atoms with Gasteiger partial charge in [-0.15, -0.1) is 0 Å². The maximum absolute atomic E-state index is 6.86. The zero-order valence-corrected chi connectivity index (χ0v) is 19.6. The Kier molecular flexibility index (Phi) is 8.11. The molecule has 0 amide bonds. The van der Waals surface area contributed by atoms with Gasteiger partial charge in [0.15, 0.2) is 8.32 Å². The molecule has 1 heterocycles. The normalized spacial score (nSPS) is 22.5. The number of benzene rings is 1. The smallest absolute Gasteiger partial charge is 0.200 e. The van der Waals surface area contributed by atoms with Crippen LogP contribution in [0.15, 0.2) is 30.3 Å². The molecule has 3 nitrogen and oxygen atoms in total. The van der Waals surface area contributed by atoms with Gasteiger partial charge in [0.25, 0.3) is 0 Å². The monoisotopic (exact) mass is 392 g/mol. The zero-order valence-electron chi connectivity index (χ0n) is 18.6. The molecule has 1 aromatic carbocycles. The van der Waals surface area contributed by atoms with Crippen LogP contribution in [0, 0.1) is 5.92 Å². The van der Waals surface area contributed by atoms with Gasteiger partial charge < -0.3 is 13.9 Å². The van der Waals surface area contributed by atoms with Crippen LogP contribution >= 0.6 is 0 Å². The molecule has 2 rings (SSSR count). The van der Waals surface area contributed by atoms with E-state index < -0.39 is 8.32 Å². The van der Waals surface area contributed by atoms with Crippen LogP contribution < -0.4 is 0 Å². The summed E-state index contributed by atoms with van der Waals surface area (Å²) in [6.45, 7) is 19.7. The number of epoxide rings is 1. The van der Waals surface area contributed by atoms with Crippen LogP contribution in [0.3, 0.4) is 0 Å². The molecule has 1 aliphatic heterocycles. The summed E-state index contributed by atoms with van der Waals surface area (Å²) in [5, 5.41) is 0. The lowest BCUT2D eigenvalue weighted by Gasteiger charge is -2.43. The highest BCUT2D eigenvalue weighted by molar-refractivity contribution is 6.77. The summed E-state index contributed by atoms with van der Waals surface area (Å²) in [5.74, 6) is 0.335. The topological polar surface area (TPSA) is 31.0 Å². The highest BCUT2D eigenvalue weighted by Crippen LogP contribution is 2.43. The summed E-state index contributed by atoms with van der Waals surface area (Å²) in [4.78, 5) is 0. The first-order valence-electron chi connectivity index (χ1n) is 10.6. The average molecular weight is 393 g/mol. The van der Waals surface area contributed by atoms with E-state index >= 15 is 0 Å². The van der Waals surface area contributed by atoms with Crippen molar-refractivity contribution in [2.45, 2.75) is 96.9 Å². The van der Waals surface area contributed by atoms with Crippen LogP contribution in [-0.2, 0) is 20.5 Å². The number of ether oxygens (including phenoxy) is 2. The Hall–Kier alpha value is -0.683. The van der Waals surface area contributed by atoms with Crippen LogP contribution in [0.2, 0.25) is 16.6 Å². The third-order valence-corrected chi connectivity index (χ3v) is 12.5. The van der Waals surface area contributed by atoms with Crippen LogP contribution in [-0.4, -0.2) is 33.2 Å². The zero-order chi connectivity index (χ0) is 20.2. The Balaban J connectivity index is 2.10. The molecule has 27 heavy (non-hydrogen) atoms. The molecule has 1 fully saturated rings. The van der Waals surface area contributed by atoms with Gasteiger partial charge in [0.2, 0.25) is 0 Å². The Morgan fingerprint density at radius 1 is 0.926 bits per heavy atom. The maximum Gasteiger partial charge on any atom is 0.200 e. The van der Waals surface area contributed by atoms with Crippen molar-refractivity contribution in [2.24, 2.45) is 5.92 Å². The lowest BCUT2D eigenvalue weighted by Crippen LogP contribution is -2.50. The highest BCUT2D eigenvalue weighted by Gasteiger charge is 2.47. The van der Waals surface area contributed by atoms with E-state index in [0.29, 0.717) is 48.0 Å². The van der Waals surface area contributed by atoms with Crippen molar-refractivity contribution in [2.75, 3.05) is 6.61 Å². The molecule has 154 valence electrons. The first-order valence-corrected chi connectivity index (χ1v) is 12.8. The Morgan fingerprint density at radius 3 is 1.89 bits per heavy atom. The fourth-order valence-corrected chi connectivity index (χ4v) is 10.3. The Bertz CT molecular complexity index is 536. The second-order valence-corrected chi connectivity index (χ2v) is 14.6. The summed E-state index contributed by atoms with van der Waals surface area (Å²) in [5.41, 5.74) is 2.95. The van der Waals surface area contributed by atoms with E-state index in [2.05, 4.69) is 79.7 Å². The largest absolute Gasteiger partial charge is 0.413 e. The number of rotatable bonds is 11. The molecule has 0 saturated carbocycles. The third kappa shape index (κ3) is 5.44. The van der Waals surface area contributed by atoms with Gasteiger partial charge in [-0.1, -0.05) is 78.8 Å². The molecule has 0 radical (unpaired) electrons. The van der Waals surface area contributed by atoms with Gasteiger partial charge in [-0.05, 0) is 29.1 Å². The summed E-state index contributed by atoms with van der Waals surface area (Å²) in [6.07, 6.45) is 0.691. The first-order chi connectivity index (χ1) is 12.7. The van der Waals surface area contributed by atoms with Crippen molar-refractivity contribution in [1.29, 1.82) is 0 Å². The SMILES string of the molecule is CC(C)[Si](OC[C@@H](OCc1ccccc1)[C@@H](C)[C@@H]1O[C@@H]1C)(C(C)C)C(C)C. The minimum atomic E-state index is -1.90. The van der Waals surface area contributed by atoms with E-state index in [4.69, 9.17) is 13.9 Å². The third-order valence-electron chi connectivity index (χ3n) is 6.37. The van der Waals surface area contributed by atoms with E-state index in [9.17, 15) is 0 Å². The van der Waals surface area contributed by atoms with E-state index in [1.165, 1.54) is 5.56 Å².